The number of hydrogen-bond donors (Lipinski definition) is 0. The second-order valence-corrected chi connectivity index (χ2v) is 14.5. The van der Waals surface area contributed by atoms with E-state index in [1.165, 1.54) is 50.5 Å². The van der Waals surface area contributed by atoms with E-state index in [1.807, 2.05) is 0 Å². The normalized spacial score (nSPS) is 60.6. The summed E-state index contributed by atoms with van der Waals surface area (Å²) in [6.45, 7) is 19.6. The third-order valence-corrected chi connectivity index (χ3v) is 13.4. The molecule has 1 heterocycles. The number of fused-ring (bicyclic) bond motifs is 1. The predicted octanol–water partition coefficient (Wildman–Crippen LogP) is 7.57. The van der Waals surface area contributed by atoms with Gasteiger partial charge in [-0.2, -0.15) is 0 Å². The van der Waals surface area contributed by atoms with Crippen LogP contribution in [0.1, 0.15) is 106 Å². The number of esters is 1. The Morgan fingerprint density at radius 3 is 2.47 bits per heavy atom. The molecule has 0 aromatic rings. The van der Waals surface area contributed by atoms with Crippen LogP contribution in [-0.4, -0.2) is 12.1 Å². The van der Waals surface area contributed by atoms with E-state index in [0.29, 0.717) is 39.9 Å². The Labute approximate surface area is 196 Å². The van der Waals surface area contributed by atoms with Crippen molar-refractivity contribution in [2.75, 3.05) is 0 Å². The lowest BCUT2D eigenvalue weighted by Crippen LogP contribution is -2.64. The molecule has 32 heavy (non-hydrogen) atoms. The Balaban J connectivity index is 1.50. The second-order valence-electron chi connectivity index (χ2n) is 14.5. The number of carbonyl (C=O) groups excluding carboxylic acids is 1. The van der Waals surface area contributed by atoms with Gasteiger partial charge in [0, 0.05) is 12.3 Å². The van der Waals surface area contributed by atoms with Crippen LogP contribution in [0.2, 0.25) is 0 Å². The highest BCUT2D eigenvalue weighted by atomic mass is 16.5. The first-order chi connectivity index (χ1) is 14.9. The zero-order chi connectivity index (χ0) is 22.9. The van der Waals surface area contributed by atoms with E-state index >= 15 is 0 Å². The molecule has 6 fully saturated rings. The maximum absolute atomic E-state index is 12.9. The molecule has 5 aliphatic carbocycles. The average Bonchev–Trinajstić information content (AvgIpc) is 3.41. The van der Waals surface area contributed by atoms with Crippen molar-refractivity contribution in [3.8, 4) is 0 Å². The molecule has 0 aromatic carbocycles. The van der Waals surface area contributed by atoms with Gasteiger partial charge < -0.3 is 4.74 Å². The van der Waals surface area contributed by atoms with Crippen LogP contribution < -0.4 is 0 Å². The highest BCUT2D eigenvalue weighted by Gasteiger charge is 2.86. The van der Waals surface area contributed by atoms with Crippen molar-refractivity contribution in [2.24, 2.45) is 56.7 Å². The minimum atomic E-state index is 0.0709. The molecule has 1 saturated heterocycles. The zero-order valence-corrected chi connectivity index (χ0v) is 21.6. The fourth-order valence-electron chi connectivity index (χ4n) is 12.1. The first kappa shape index (κ1) is 21.7. The zero-order valence-electron chi connectivity index (χ0n) is 21.6. The van der Waals surface area contributed by atoms with Gasteiger partial charge in [0.25, 0.3) is 0 Å². The molecule has 0 spiro atoms. The molecule has 0 radical (unpaired) electrons. The Bertz CT molecular complexity index is 876. The van der Waals surface area contributed by atoms with Crippen molar-refractivity contribution in [1.82, 2.24) is 0 Å². The smallest absolute Gasteiger partial charge is 0.306 e. The molecule has 2 nitrogen and oxygen atoms in total. The van der Waals surface area contributed by atoms with Crippen LogP contribution in [0.25, 0.3) is 0 Å². The molecule has 0 amide bonds. The number of hydrogen-bond acceptors (Lipinski definition) is 2. The molecule has 0 aromatic heterocycles. The van der Waals surface area contributed by atoms with Crippen LogP contribution in [0.4, 0.5) is 0 Å². The third-order valence-electron chi connectivity index (χ3n) is 13.4. The lowest BCUT2D eigenvalue weighted by molar-refractivity contribution is -0.222. The van der Waals surface area contributed by atoms with Crippen LogP contribution in [0.5, 0.6) is 0 Å². The van der Waals surface area contributed by atoms with Gasteiger partial charge in [-0.25, -0.2) is 0 Å². The summed E-state index contributed by atoms with van der Waals surface area (Å²) in [5, 5.41) is 0. The number of ether oxygens (including phenoxy) is 1. The van der Waals surface area contributed by atoms with Crippen molar-refractivity contribution in [1.29, 1.82) is 0 Å². The second kappa shape index (κ2) is 6.25. The molecule has 11 atom stereocenters. The summed E-state index contributed by atoms with van der Waals surface area (Å²) in [4.78, 5) is 12.9. The van der Waals surface area contributed by atoms with E-state index in [-0.39, 0.29) is 17.5 Å². The molecule has 0 N–H and O–H groups in total. The Kier molecular flexibility index (Phi) is 4.24. The van der Waals surface area contributed by atoms with E-state index in [0.717, 1.165) is 30.6 Å². The predicted molar refractivity (Wildman–Crippen MR) is 129 cm³/mol. The molecule has 2 heteroatoms. The fourth-order valence-corrected chi connectivity index (χ4v) is 12.1. The Morgan fingerprint density at radius 2 is 1.75 bits per heavy atom. The van der Waals surface area contributed by atoms with Crippen LogP contribution in [-0.2, 0) is 9.53 Å². The van der Waals surface area contributed by atoms with Gasteiger partial charge in [-0.3, -0.25) is 4.79 Å². The Morgan fingerprint density at radius 1 is 1.00 bits per heavy atom. The largest absolute Gasteiger partial charge is 0.462 e. The molecule has 0 unspecified atom stereocenters. The molecule has 1 aliphatic heterocycles. The van der Waals surface area contributed by atoms with Crippen LogP contribution in [0.15, 0.2) is 12.2 Å². The van der Waals surface area contributed by atoms with Gasteiger partial charge >= 0.3 is 5.97 Å². The molecule has 178 valence electrons. The lowest BCUT2D eigenvalue weighted by atomic mass is 9.36. The molecular formula is C30H46O2. The fraction of sp³-hybridized carbons (Fsp3) is 0.900. The molecule has 0 bridgehead atoms. The van der Waals surface area contributed by atoms with E-state index in [2.05, 4.69) is 48.1 Å². The third kappa shape index (κ3) is 2.27. The van der Waals surface area contributed by atoms with Gasteiger partial charge in [-0.1, -0.05) is 46.8 Å². The van der Waals surface area contributed by atoms with Gasteiger partial charge in [-0.05, 0) is 115 Å². The van der Waals surface area contributed by atoms with Crippen molar-refractivity contribution < 1.29 is 9.53 Å². The van der Waals surface area contributed by atoms with Crippen LogP contribution >= 0.6 is 0 Å². The van der Waals surface area contributed by atoms with Gasteiger partial charge in [0.1, 0.15) is 6.10 Å². The topological polar surface area (TPSA) is 26.3 Å². The summed E-state index contributed by atoms with van der Waals surface area (Å²) in [6.07, 6.45) is 12.4. The number of carbonyl (C=O) groups is 1. The highest BCUT2D eigenvalue weighted by Crippen LogP contribution is 2.91. The summed E-state index contributed by atoms with van der Waals surface area (Å²) in [6, 6.07) is 0. The number of rotatable bonds is 1. The summed E-state index contributed by atoms with van der Waals surface area (Å²) in [7, 11) is 0. The summed E-state index contributed by atoms with van der Waals surface area (Å²) in [5.74, 6) is 3.51. The molecule has 5 saturated carbocycles. The quantitative estimate of drug-likeness (QED) is 0.312. The van der Waals surface area contributed by atoms with Crippen LogP contribution in [0, 0.1) is 56.7 Å². The van der Waals surface area contributed by atoms with E-state index in [9.17, 15) is 4.79 Å². The highest BCUT2D eigenvalue weighted by molar-refractivity contribution is 5.70. The lowest BCUT2D eigenvalue weighted by Gasteiger charge is -2.68. The number of allylic oxidation sites excluding steroid dienone is 1. The molecule has 6 rings (SSSR count). The standard InChI is InChI=1S/C30H46O2/c1-18(2)21-9-13-28(7)25-22(32-23(31)10-12-27(21,25)6)16-29-17-30(28,29)15-14-26(5)11-8-19(3)20(4)24(26)29/h19-22,24-25H,1,8-17H2,2-7H3/t19-,20+,21+,22-,24-,25-,26-,27+,28-,29-,30-/m1/s1. The van der Waals surface area contributed by atoms with Crippen molar-refractivity contribution >= 4 is 5.97 Å². The minimum Gasteiger partial charge on any atom is -0.462 e. The van der Waals surface area contributed by atoms with Crippen LogP contribution in [0.3, 0.4) is 0 Å². The van der Waals surface area contributed by atoms with E-state index in [4.69, 9.17) is 4.74 Å². The SMILES string of the molecule is C=C(C)[C@@H]1CC[C@]2(C)[C@@H]3[C@@H](C[C@]45C[C@@]42CC[C@@]2(C)CC[C@@H](C)[C@H](C)[C@H]25)OC(=O)CC[C@]31C. The van der Waals surface area contributed by atoms with Gasteiger partial charge in [0.05, 0.1) is 0 Å². The first-order valence-corrected chi connectivity index (χ1v) is 13.8. The molecule has 6 aliphatic rings. The monoisotopic (exact) mass is 438 g/mol. The van der Waals surface area contributed by atoms with Crippen molar-refractivity contribution in [2.45, 2.75) is 112 Å². The maximum Gasteiger partial charge on any atom is 0.306 e. The van der Waals surface area contributed by atoms with E-state index in [1.54, 1.807) is 0 Å². The minimum absolute atomic E-state index is 0.0709. The van der Waals surface area contributed by atoms with Gasteiger partial charge in [0.15, 0.2) is 0 Å². The van der Waals surface area contributed by atoms with Crippen molar-refractivity contribution in [3.63, 3.8) is 0 Å². The summed E-state index contributed by atoms with van der Waals surface area (Å²) in [5.41, 5.74) is 3.15. The Hall–Kier alpha value is -0.790. The average molecular weight is 439 g/mol. The first-order valence-electron chi connectivity index (χ1n) is 13.8. The maximum atomic E-state index is 12.9. The summed E-state index contributed by atoms with van der Waals surface area (Å²) >= 11 is 0. The molecular weight excluding hydrogens is 392 g/mol. The van der Waals surface area contributed by atoms with Gasteiger partial charge in [-0.15, -0.1) is 0 Å². The summed E-state index contributed by atoms with van der Waals surface area (Å²) < 4.78 is 6.45. The van der Waals surface area contributed by atoms with E-state index < -0.39 is 0 Å². The van der Waals surface area contributed by atoms with Gasteiger partial charge in [0.2, 0.25) is 0 Å². The van der Waals surface area contributed by atoms with Crippen molar-refractivity contribution in [3.05, 3.63) is 12.2 Å².